The van der Waals surface area contributed by atoms with Crippen LogP contribution in [0.2, 0.25) is 0 Å². The topological polar surface area (TPSA) is 110 Å². The van der Waals surface area contributed by atoms with Crippen molar-refractivity contribution in [1.29, 1.82) is 0 Å². The Kier molecular flexibility index (Phi) is 5.32. The van der Waals surface area contributed by atoms with Crippen LogP contribution in [0.25, 0.3) is 0 Å². The van der Waals surface area contributed by atoms with Crippen LogP contribution in [0.5, 0.6) is 5.75 Å². The molecule has 1 atom stereocenters. The number of phenolic OH excluding ortho intramolecular Hbond substituents is 1. The number of ether oxygens (including phenoxy) is 1. The first kappa shape index (κ1) is 21.0. The Balaban J connectivity index is 1.57. The van der Waals surface area contributed by atoms with Crippen molar-refractivity contribution in [1.82, 2.24) is 0 Å². The van der Waals surface area contributed by atoms with E-state index >= 15 is 0 Å². The number of hydrogen-bond acceptors (Lipinski definition) is 6. The lowest BCUT2D eigenvalue weighted by Gasteiger charge is -2.21. The van der Waals surface area contributed by atoms with Crippen LogP contribution in [-0.4, -0.2) is 34.7 Å². The summed E-state index contributed by atoms with van der Waals surface area (Å²) in [5, 5.41) is 12.6. The fraction of sp³-hybridized carbons (Fsp3) is 0.120. The van der Waals surface area contributed by atoms with Crippen molar-refractivity contribution in [2.75, 3.05) is 5.32 Å². The number of fused-ring (bicyclic) bond motifs is 2. The van der Waals surface area contributed by atoms with Gasteiger partial charge in [-0.2, -0.15) is 0 Å². The van der Waals surface area contributed by atoms with Crippen molar-refractivity contribution < 1.29 is 29.0 Å². The molecule has 0 saturated heterocycles. The van der Waals surface area contributed by atoms with Gasteiger partial charge in [0.2, 0.25) is 0 Å². The van der Waals surface area contributed by atoms with Gasteiger partial charge in [0.1, 0.15) is 11.3 Å². The van der Waals surface area contributed by atoms with Gasteiger partial charge in [0.05, 0.1) is 11.3 Å². The smallest absolute Gasteiger partial charge is 0.342 e. The second-order valence-corrected chi connectivity index (χ2v) is 7.44. The van der Waals surface area contributed by atoms with Gasteiger partial charge in [0.15, 0.2) is 17.7 Å². The van der Waals surface area contributed by atoms with Gasteiger partial charge in [-0.15, -0.1) is 0 Å². The zero-order chi connectivity index (χ0) is 23.0. The summed E-state index contributed by atoms with van der Waals surface area (Å²) in [6.45, 7) is 3.01. The number of hydrogen-bond donors (Lipinski definition) is 2. The average molecular weight is 429 g/mol. The van der Waals surface area contributed by atoms with Gasteiger partial charge < -0.3 is 15.2 Å². The first-order valence-electron chi connectivity index (χ1n) is 9.91. The molecule has 7 nitrogen and oxygen atoms in total. The summed E-state index contributed by atoms with van der Waals surface area (Å²) in [7, 11) is 0. The Morgan fingerprint density at radius 1 is 0.875 bits per heavy atom. The maximum Gasteiger partial charge on any atom is 0.342 e. The van der Waals surface area contributed by atoms with E-state index in [4.69, 9.17) is 4.74 Å². The van der Waals surface area contributed by atoms with Crippen molar-refractivity contribution in [3.05, 3.63) is 94.0 Å². The maximum absolute atomic E-state index is 13.0. The highest BCUT2D eigenvalue weighted by atomic mass is 16.5. The van der Waals surface area contributed by atoms with Crippen LogP contribution in [0.1, 0.15) is 54.7 Å². The molecule has 32 heavy (non-hydrogen) atoms. The van der Waals surface area contributed by atoms with Gasteiger partial charge in [-0.3, -0.25) is 14.4 Å². The minimum atomic E-state index is -1.22. The number of anilines is 1. The fourth-order valence-electron chi connectivity index (χ4n) is 3.58. The van der Waals surface area contributed by atoms with Crippen molar-refractivity contribution in [2.24, 2.45) is 0 Å². The quantitative estimate of drug-likeness (QED) is 0.479. The van der Waals surface area contributed by atoms with E-state index in [0.717, 1.165) is 0 Å². The molecule has 2 N–H and O–H groups in total. The summed E-state index contributed by atoms with van der Waals surface area (Å²) in [5.74, 6) is -2.44. The number of phenols is 1. The van der Waals surface area contributed by atoms with Crippen molar-refractivity contribution in [3.8, 4) is 5.75 Å². The Morgan fingerprint density at radius 3 is 2.22 bits per heavy atom. The number of nitrogens with one attached hydrogen (secondary N) is 1. The van der Waals surface area contributed by atoms with Crippen LogP contribution in [0.4, 0.5) is 5.69 Å². The molecule has 0 radical (unpaired) electrons. The molecule has 0 heterocycles. The normalized spacial score (nSPS) is 13.1. The molecule has 0 fully saturated rings. The summed E-state index contributed by atoms with van der Waals surface area (Å²) in [6, 6.07) is 15.7. The molecule has 1 amide bonds. The van der Waals surface area contributed by atoms with Gasteiger partial charge in [-0.1, -0.05) is 48.5 Å². The van der Waals surface area contributed by atoms with Crippen LogP contribution in [0.3, 0.4) is 0 Å². The lowest BCUT2D eigenvalue weighted by molar-refractivity contribution is -0.123. The number of carbonyl (C=O) groups is 4. The number of carbonyl (C=O) groups excluding carboxylic acids is 4. The Labute approximate surface area is 183 Å². The molecule has 0 aromatic heterocycles. The number of benzene rings is 3. The summed E-state index contributed by atoms with van der Waals surface area (Å²) in [6.07, 6.45) is -1.22. The van der Waals surface area contributed by atoms with Gasteiger partial charge in [0.25, 0.3) is 5.91 Å². The molecule has 0 bridgehead atoms. The van der Waals surface area contributed by atoms with E-state index in [2.05, 4.69) is 5.32 Å². The highest BCUT2D eigenvalue weighted by Gasteiger charge is 2.32. The summed E-state index contributed by atoms with van der Waals surface area (Å²) < 4.78 is 5.19. The van der Waals surface area contributed by atoms with Gasteiger partial charge in [-0.05, 0) is 31.5 Å². The van der Waals surface area contributed by atoms with Crippen molar-refractivity contribution >= 4 is 29.1 Å². The number of aryl methyl sites for hydroxylation is 1. The second-order valence-electron chi connectivity index (χ2n) is 7.44. The second kappa shape index (κ2) is 8.11. The number of aromatic hydroxyl groups is 1. The zero-order valence-corrected chi connectivity index (χ0v) is 17.3. The lowest BCUT2D eigenvalue weighted by Crippen LogP contribution is -2.31. The fourth-order valence-corrected chi connectivity index (χ4v) is 3.58. The largest absolute Gasteiger partial charge is 0.507 e. The average Bonchev–Trinajstić information content (AvgIpc) is 2.79. The molecule has 0 saturated carbocycles. The van der Waals surface area contributed by atoms with Gasteiger partial charge >= 0.3 is 5.97 Å². The van der Waals surface area contributed by atoms with Crippen molar-refractivity contribution in [2.45, 2.75) is 20.0 Å². The summed E-state index contributed by atoms with van der Waals surface area (Å²) in [5.41, 5.74) is 1.46. The Hall–Kier alpha value is -4.26. The van der Waals surface area contributed by atoms with Crippen molar-refractivity contribution in [3.63, 3.8) is 0 Å². The SMILES string of the molecule is Cc1cccc(C(=O)OC(C)C(=O)Nc2cccc3c2C(=O)c2ccccc2C3=O)c1O. The molecule has 7 heteroatoms. The summed E-state index contributed by atoms with van der Waals surface area (Å²) >= 11 is 0. The van der Waals surface area contributed by atoms with Crippen LogP contribution in [0, 0.1) is 6.92 Å². The number of para-hydroxylation sites is 1. The lowest BCUT2D eigenvalue weighted by atomic mass is 9.83. The Bertz CT molecular complexity index is 1290. The number of rotatable bonds is 4. The molecule has 0 aliphatic heterocycles. The highest BCUT2D eigenvalue weighted by Crippen LogP contribution is 2.32. The monoisotopic (exact) mass is 429 g/mol. The minimum absolute atomic E-state index is 0.0564. The molecule has 1 aliphatic rings. The molecular formula is C25H19NO6. The van der Waals surface area contributed by atoms with Gasteiger partial charge in [-0.25, -0.2) is 4.79 Å². The zero-order valence-electron chi connectivity index (χ0n) is 17.3. The van der Waals surface area contributed by atoms with E-state index in [9.17, 15) is 24.3 Å². The van der Waals surface area contributed by atoms with E-state index in [1.807, 2.05) is 0 Å². The molecule has 1 unspecified atom stereocenters. The van der Waals surface area contributed by atoms with E-state index in [-0.39, 0.29) is 45.3 Å². The van der Waals surface area contributed by atoms with Crippen LogP contribution < -0.4 is 5.32 Å². The predicted molar refractivity (Wildman–Crippen MR) is 116 cm³/mol. The van der Waals surface area contributed by atoms with Crippen LogP contribution >= 0.6 is 0 Å². The number of esters is 1. The molecular weight excluding hydrogens is 410 g/mol. The first-order valence-corrected chi connectivity index (χ1v) is 9.91. The minimum Gasteiger partial charge on any atom is -0.507 e. The molecule has 3 aromatic carbocycles. The molecule has 160 valence electrons. The summed E-state index contributed by atoms with van der Waals surface area (Å²) in [4.78, 5) is 51.0. The molecule has 1 aliphatic carbocycles. The van der Waals surface area contributed by atoms with Gasteiger partial charge in [0, 0.05) is 16.7 Å². The van der Waals surface area contributed by atoms with E-state index in [1.165, 1.54) is 25.1 Å². The molecule has 0 spiro atoms. The third-order valence-electron chi connectivity index (χ3n) is 5.32. The standard InChI is InChI=1S/C25H19NO6/c1-13-7-5-11-18(21(13)27)25(31)32-14(2)24(30)26-19-12-6-10-17-20(19)23(29)16-9-4-3-8-15(16)22(17)28/h3-12,14,27H,1-2H3,(H,26,30). The number of amides is 1. The third kappa shape index (κ3) is 3.54. The van der Waals surface area contributed by atoms with E-state index in [1.54, 1.807) is 49.4 Å². The number of ketones is 2. The van der Waals surface area contributed by atoms with E-state index in [0.29, 0.717) is 11.1 Å². The third-order valence-corrected chi connectivity index (χ3v) is 5.32. The predicted octanol–water partition coefficient (Wildman–Crippen LogP) is 3.66. The van der Waals surface area contributed by atoms with E-state index < -0.39 is 18.0 Å². The molecule has 4 rings (SSSR count). The van der Waals surface area contributed by atoms with Crippen LogP contribution in [-0.2, 0) is 9.53 Å². The first-order chi connectivity index (χ1) is 15.3. The highest BCUT2D eigenvalue weighted by molar-refractivity contribution is 6.30. The molecule has 3 aromatic rings. The maximum atomic E-state index is 13.0. The Morgan fingerprint density at radius 2 is 1.50 bits per heavy atom. The van der Waals surface area contributed by atoms with Crippen LogP contribution in [0.15, 0.2) is 60.7 Å².